The number of methoxy groups -OCH3 is 2. The van der Waals surface area contributed by atoms with Crippen LogP contribution in [0.5, 0.6) is 11.5 Å². The zero-order valence-electron chi connectivity index (χ0n) is 14.0. The van der Waals surface area contributed by atoms with E-state index in [1.165, 1.54) is 0 Å². The normalized spacial score (nSPS) is 13.6. The molecule has 0 bridgehead atoms. The maximum atomic E-state index is 12.5. The van der Waals surface area contributed by atoms with E-state index in [0.29, 0.717) is 22.7 Å². The van der Waals surface area contributed by atoms with Crippen LogP contribution in [0, 0.1) is 5.92 Å². The fourth-order valence-corrected chi connectivity index (χ4v) is 2.54. The van der Waals surface area contributed by atoms with Crippen LogP contribution in [0.3, 0.4) is 0 Å². The number of hydrogen-bond donors (Lipinski definition) is 3. The number of carbonyl (C=O) groups is 1. The summed E-state index contributed by atoms with van der Waals surface area (Å²) < 4.78 is 10.7. The van der Waals surface area contributed by atoms with Crippen molar-refractivity contribution in [2.24, 2.45) is 5.92 Å². The van der Waals surface area contributed by atoms with Gasteiger partial charge in [0.25, 0.3) is 5.91 Å². The quantitative estimate of drug-likeness (QED) is 0.731. The first kappa shape index (κ1) is 17.1. The summed E-state index contributed by atoms with van der Waals surface area (Å²) in [5.74, 6) is 1.24. The monoisotopic (exact) mass is 320 g/mol. The summed E-state index contributed by atoms with van der Waals surface area (Å²) in [7, 11) is 3.16. The van der Waals surface area contributed by atoms with Gasteiger partial charge < -0.3 is 24.9 Å². The van der Waals surface area contributed by atoms with Crippen LogP contribution in [0.4, 0.5) is 0 Å². The van der Waals surface area contributed by atoms with Crippen molar-refractivity contribution >= 4 is 16.8 Å². The molecule has 23 heavy (non-hydrogen) atoms. The van der Waals surface area contributed by atoms with Crippen LogP contribution in [0.1, 0.15) is 30.8 Å². The van der Waals surface area contributed by atoms with Crippen molar-refractivity contribution in [3.8, 4) is 11.5 Å². The fraction of sp³-hybridized carbons (Fsp3) is 0.471. The number of carbonyl (C=O) groups excluding carboxylic acids is 1. The van der Waals surface area contributed by atoms with Gasteiger partial charge in [-0.1, -0.05) is 20.3 Å². The molecule has 2 atom stereocenters. The zero-order chi connectivity index (χ0) is 17.0. The lowest BCUT2D eigenvalue weighted by atomic mass is 10.00. The lowest BCUT2D eigenvalue weighted by Gasteiger charge is -2.21. The molecule has 2 rings (SSSR count). The number of aromatic amines is 1. The molecule has 3 N–H and O–H groups in total. The number of hydrogen-bond acceptors (Lipinski definition) is 4. The van der Waals surface area contributed by atoms with Crippen molar-refractivity contribution in [3.05, 3.63) is 23.9 Å². The minimum atomic E-state index is -0.275. The summed E-state index contributed by atoms with van der Waals surface area (Å²) in [6.45, 7) is 3.93. The maximum Gasteiger partial charge on any atom is 0.268 e. The molecule has 1 amide bonds. The van der Waals surface area contributed by atoms with Crippen molar-refractivity contribution in [1.82, 2.24) is 10.3 Å². The number of amides is 1. The van der Waals surface area contributed by atoms with E-state index in [4.69, 9.17) is 9.47 Å². The summed E-state index contributed by atoms with van der Waals surface area (Å²) in [5, 5.41) is 13.1. The molecule has 126 valence electrons. The van der Waals surface area contributed by atoms with Gasteiger partial charge in [-0.25, -0.2) is 0 Å². The Kier molecular flexibility index (Phi) is 5.50. The molecule has 1 heterocycles. The number of H-pyrrole nitrogens is 1. The van der Waals surface area contributed by atoms with Crippen molar-refractivity contribution in [1.29, 1.82) is 0 Å². The second-order valence-electron chi connectivity index (χ2n) is 5.59. The van der Waals surface area contributed by atoms with Gasteiger partial charge in [-0.3, -0.25) is 4.79 Å². The second-order valence-corrected chi connectivity index (χ2v) is 5.59. The molecule has 0 aliphatic heterocycles. The lowest BCUT2D eigenvalue weighted by Crippen LogP contribution is -2.42. The molecule has 0 aliphatic rings. The Morgan fingerprint density at radius 3 is 2.52 bits per heavy atom. The van der Waals surface area contributed by atoms with Gasteiger partial charge in [0.1, 0.15) is 17.2 Å². The van der Waals surface area contributed by atoms with Crippen LogP contribution in [-0.4, -0.2) is 42.9 Å². The topological polar surface area (TPSA) is 83.6 Å². The molecular weight excluding hydrogens is 296 g/mol. The Balaban J connectivity index is 2.34. The third-order valence-corrected chi connectivity index (χ3v) is 4.24. The Morgan fingerprint density at radius 1 is 1.30 bits per heavy atom. The van der Waals surface area contributed by atoms with Gasteiger partial charge >= 0.3 is 0 Å². The molecule has 0 saturated carbocycles. The molecule has 0 unspecified atom stereocenters. The standard InChI is InChI=1S/C17H24N2O4/c1-5-10(2)13(9-20)19-17(21)12-8-11-14(22-3)6-7-15(23-4)16(11)18-12/h6-8,10,13,18,20H,5,9H2,1-4H3,(H,19,21)/t10-,13-/m1/s1. The number of aliphatic hydroxyl groups excluding tert-OH is 1. The SMILES string of the molecule is CC[C@@H](C)[C@@H](CO)NC(=O)c1cc2c(OC)ccc(OC)c2[nH]1. The van der Waals surface area contributed by atoms with Gasteiger partial charge in [-0.05, 0) is 24.1 Å². The Morgan fingerprint density at radius 2 is 1.96 bits per heavy atom. The minimum Gasteiger partial charge on any atom is -0.496 e. The first-order valence-electron chi connectivity index (χ1n) is 7.71. The first-order valence-corrected chi connectivity index (χ1v) is 7.71. The predicted molar refractivity (Wildman–Crippen MR) is 89.2 cm³/mol. The summed E-state index contributed by atoms with van der Waals surface area (Å²) in [4.78, 5) is 15.5. The Hall–Kier alpha value is -2.21. The lowest BCUT2D eigenvalue weighted by molar-refractivity contribution is 0.0887. The van der Waals surface area contributed by atoms with Gasteiger partial charge in [0, 0.05) is 5.39 Å². The van der Waals surface area contributed by atoms with Crippen LogP contribution in [0.2, 0.25) is 0 Å². The second kappa shape index (κ2) is 7.37. The number of benzene rings is 1. The van der Waals surface area contributed by atoms with Gasteiger partial charge in [0.15, 0.2) is 0 Å². The van der Waals surface area contributed by atoms with E-state index in [1.54, 1.807) is 32.4 Å². The van der Waals surface area contributed by atoms with E-state index in [0.717, 1.165) is 11.8 Å². The Labute approximate surface area is 135 Å². The fourth-order valence-electron chi connectivity index (χ4n) is 2.54. The van der Waals surface area contributed by atoms with E-state index < -0.39 is 0 Å². The third-order valence-electron chi connectivity index (χ3n) is 4.24. The van der Waals surface area contributed by atoms with Gasteiger partial charge in [0.05, 0.1) is 32.4 Å². The maximum absolute atomic E-state index is 12.5. The molecule has 6 nitrogen and oxygen atoms in total. The molecule has 1 aromatic carbocycles. The highest BCUT2D eigenvalue weighted by molar-refractivity contribution is 6.01. The highest BCUT2D eigenvalue weighted by Crippen LogP contribution is 2.33. The molecule has 6 heteroatoms. The summed E-state index contributed by atoms with van der Waals surface area (Å²) >= 11 is 0. The number of rotatable bonds is 7. The molecule has 0 saturated heterocycles. The number of fused-ring (bicyclic) bond motifs is 1. The summed E-state index contributed by atoms with van der Waals surface area (Å²) in [6, 6.07) is 5.04. The van der Waals surface area contributed by atoms with Crippen LogP contribution in [0.15, 0.2) is 18.2 Å². The highest BCUT2D eigenvalue weighted by atomic mass is 16.5. The van der Waals surface area contributed by atoms with Crippen LogP contribution in [0.25, 0.3) is 10.9 Å². The van der Waals surface area contributed by atoms with Crippen molar-refractivity contribution in [3.63, 3.8) is 0 Å². The number of nitrogens with one attached hydrogen (secondary N) is 2. The molecule has 0 radical (unpaired) electrons. The predicted octanol–water partition coefficient (Wildman–Crippen LogP) is 2.32. The highest BCUT2D eigenvalue weighted by Gasteiger charge is 2.20. The van der Waals surface area contributed by atoms with E-state index in [9.17, 15) is 9.90 Å². The van der Waals surface area contributed by atoms with Crippen LogP contribution < -0.4 is 14.8 Å². The van der Waals surface area contributed by atoms with Crippen molar-refractivity contribution < 1.29 is 19.4 Å². The molecule has 1 aromatic heterocycles. The van der Waals surface area contributed by atoms with E-state index in [1.807, 2.05) is 13.8 Å². The van der Waals surface area contributed by atoms with E-state index in [-0.39, 0.29) is 24.5 Å². The summed E-state index contributed by atoms with van der Waals surface area (Å²) in [5.41, 5.74) is 1.12. The number of aliphatic hydroxyl groups is 1. The van der Waals surface area contributed by atoms with Crippen LogP contribution in [-0.2, 0) is 0 Å². The van der Waals surface area contributed by atoms with E-state index in [2.05, 4.69) is 10.3 Å². The molecule has 0 spiro atoms. The average Bonchev–Trinajstić information content (AvgIpc) is 3.03. The average molecular weight is 320 g/mol. The molecule has 0 fully saturated rings. The molecule has 0 aliphatic carbocycles. The van der Waals surface area contributed by atoms with Gasteiger partial charge in [-0.2, -0.15) is 0 Å². The van der Waals surface area contributed by atoms with Crippen molar-refractivity contribution in [2.75, 3.05) is 20.8 Å². The number of aromatic nitrogens is 1. The molecular formula is C17H24N2O4. The Bertz CT molecular complexity index is 640. The van der Waals surface area contributed by atoms with Crippen LogP contribution >= 0.6 is 0 Å². The third kappa shape index (κ3) is 3.42. The number of ether oxygens (including phenoxy) is 2. The van der Waals surface area contributed by atoms with Gasteiger partial charge in [0.2, 0.25) is 0 Å². The molecule has 2 aromatic rings. The largest absolute Gasteiger partial charge is 0.496 e. The van der Waals surface area contributed by atoms with E-state index >= 15 is 0 Å². The minimum absolute atomic E-state index is 0.0897. The van der Waals surface area contributed by atoms with Gasteiger partial charge in [-0.15, -0.1) is 0 Å². The smallest absolute Gasteiger partial charge is 0.268 e. The zero-order valence-corrected chi connectivity index (χ0v) is 14.0. The van der Waals surface area contributed by atoms with Crippen molar-refractivity contribution in [2.45, 2.75) is 26.3 Å². The first-order chi connectivity index (χ1) is 11.0. The summed E-state index contributed by atoms with van der Waals surface area (Å²) in [6.07, 6.45) is 0.875.